The maximum Gasteiger partial charge on any atom is 0.229 e. The van der Waals surface area contributed by atoms with E-state index in [1.165, 1.54) is 0 Å². The Kier molecular flexibility index (Phi) is 5.07. The number of amides is 1. The summed E-state index contributed by atoms with van der Waals surface area (Å²) >= 11 is 0. The van der Waals surface area contributed by atoms with Crippen LogP contribution in [0.2, 0.25) is 0 Å². The zero-order chi connectivity index (χ0) is 25.7. The summed E-state index contributed by atoms with van der Waals surface area (Å²) in [6.07, 6.45) is 8.75. The molecule has 0 aliphatic rings. The standard InChI is InChI=1S/C26H24N10O/c1-14-12-36(13-29-14)19-7-8-28-23-21(19)32-24(33-23)22-20-18(34-35-22)6-5-17(31-20)15-9-16(11-27-10-15)30-25(37)26(2,3)4/h5-13H,1-4H3,(H,30,37)(H,34,35)(H,28,32,33). The number of rotatable bonds is 4. The van der Waals surface area contributed by atoms with Crippen molar-refractivity contribution >= 4 is 33.8 Å². The fraction of sp³-hybridized carbons (Fsp3) is 0.192. The number of imidazole rings is 2. The molecule has 11 heteroatoms. The van der Waals surface area contributed by atoms with Crippen LogP contribution in [-0.4, -0.2) is 50.6 Å². The summed E-state index contributed by atoms with van der Waals surface area (Å²) in [4.78, 5) is 38.4. The minimum Gasteiger partial charge on any atom is -0.333 e. The number of H-pyrrole nitrogens is 2. The molecule has 0 aliphatic heterocycles. The van der Waals surface area contributed by atoms with E-state index in [4.69, 9.17) is 4.98 Å². The Balaban J connectivity index is 1.40. The lowest BCUT2D eigenvalue weighted by molar-refractivity contribution is -0.123. The van der Waals surface area contributed by atoms with Crippen molar-refractivity contribution < 1.29 is 4.79 Å². The molecule has 0 bridgehead atoms. The highest BCUT2D eigenvalue weighted by molar-refractivity contribution is 5.95. The summed E-state index contributed by atoms with van der Waals surface area (Å²) in [5.41, 5.74) is 6.69. The van der Waals surface area contributed by atoms with Gasteiger partial charge in [-0.2, -0.15) is 5.10 Å². The summed E-state index contributed by atoms with van der Waals surface area (Å²) in [7, 11) is 0. The lowest BCUT2D eigenvalue weighted by atomic mass is 9.95. The van der Waals surface area contributed by atoms with Gasteiger partial charge in [0.25, 0.3) is 0 Å². The Hall–Kier alpha value is -4.93. The van der Waals surface area contributed by atoms with Crippen LogP contribution in [0.1, 0.15) is 26.5 Å². The molecule has 3 N–H and O–H groups in total. The van der Waals surface area contributed by atoms with Gasteiger partial charge in [0.15, 0.2) is 17.2 Å². The van der Waals surface area contributed by atoms with Gasteiger partial charge in [-0.3, -0.25) is 14.9 Å². The first-order chi connectivity index (χ1) is 17.8. The molecule has 6 aromatic heterocycles. The van der Waals surface area contributed by atoms with E-state index >= 15 is 0 Å². The van der Waals surface area contributed by atoms with Crippen LogP contribution in [0.5, 0.6) is 0 Å². The van der Waals surface area contributed by atoms with Crippen molar-refractivity contribution in [3.63, 3.8) is 0 Å². The summed E-state index contributed by atoms with van der Waals surface area (Å²) in [5.74, 6) is 0.461. The first kappa shape index (κ1) is 22.5. The van der Waals surface area contributed by atoms with Crippen LogP contribution in [0.25, 0.3) is 50.7 Å². The van der Waals surface area contributed by atoms with Crippen LogP contribution >= 0.6 is 0 Å². The van der Waals surface area contributed by atoms with Gasteiger partial charge in [0, 0.05) is 29.6 Å². The molecule has 6 rings (SSSR count). The largest absolute Gasteiger partial charge is 0.333 e. The van der Waals surface area contributed by atoms with Gasteiger partial charge >= 0.3 is 0 Å². The molecule has 0 unspecified atom stereocenters. The lowest BCUT2D eigenvalue weighted by Gasteiger charge is -2.17. The van der Waals surface area contributed by atoms with Crippen molar-refractivity contribution in [1.82, 2.24) is 44.7 Å². The molecule has 0 saturated heterocycles. The number of nitrogens with zero attached hydrogens (tertiary/aromatic N) is 7. The number of hydrogen-bond acceptors (Lipinski definition) is 7. The van der Waals surface area contributed by atoms with E-state index in [1.807, 2.05) is 62.7 Å². The molecule has 37 heavy (non-hydrogen) atoms. The highest BCUT2D eigenvalue weighted by Gasteiger charge is 2.22. The van der Waals surface area contributed by atoms with E-state index in [9.17, 15) is 4.79 Å². The third-order valence-corrected chi connectivity index (χ3v) is 5.97. The number of aromatic amines is 2. The third-order valence-electron chi connectivity index (χ3n) is 5.97. The highest BCUT2D eigenvalue weighted by atomic mass is 16.2. The highest BCUT2D eigenvalue weighted by Crippen LogP contribution is 2.29. The number of carbonyl (C=O) groups is 1. The van der Waals surface area contributed by atoms with Gasteiger partial charge in [-0.15, -0.1) is 0 Å². The summed E-state index contributed by atoms with van der Waals surface area (Å²) in [6, 6.07) is 7.56. The molecule has 0 saturated carbocycles. The Morgan fingerprint density at radius 1 is 1.08 bits per heavy atom. The van der Waals surface area contributed by atoms with Crippen molar-refractivity contribution in [1.29, 1.82) is 0 Å². The second-order valence-electron chi connectivity index (χ2n) is 9.87. The summed E-state index contributed by atoms with van der Waals surface area (Å²) in [5, 5.41) is 10.4. The fourth-order valence-corrected chi connectivity index (χ4v) is 3.97. The number of pyridine rings is 3. The van der Waals surface area contributed by atoms with Gasteiger partial charge < -0.3 is 14.9 Å². The Labute approximate surface area is 211 Å². The maximum absolute atomic E-state index is 12.4. The van der Waals surface area contributed by atoms with Crippen molar-refractivity contribution in [3.8, 4) is 28.5 Å². The van der Waals surface area contributed by atoms with Crippen LogP contribution in [0, 0.1) is 12.3 Å². The number of fused-ring (bicyclic) bond motifs is 2. The molecule has 0 fully saturated rings. The lowest BCUT2D eigenvalue weighted by Crippen LogP contribution is -2.27. The van der Waals surface area contributed by atoms with Gasteiger partial charge in [0.05, 0.1) is 40.8 Å². The number of nitrogens with one attached hydrogen (secondary N) is 3. The minimum absolute atomic E-state index is 0.0873. The smallest absolute Gasteiger partial charge is 0.229 e. The predicted molar refractivity (Wildman–Crippen MR) is 140 cm³/mol. The van der Waals surface area contributed by atoms with E-state index in [2.05, 4.69) is 40.4 Å². The van der Waals surface area contributed by atoms with Gasteiger partial charge in [0.1, 0.15) is 11.0 Å². The maximum atomic E-state index is 12.4. The topological polar surface area (TPSA) is 143 Å². The number of aryl methyl sites for hydroxylation is 1. The molecule has 0 radical (unpaired) electrons. The molecule has 1 amide bonds. The van der Waals surface area contributed by atoms with Crippen LogP contribution in [0.4, 0.5) is 5.69 Å². The first-order valence-corrected chi connectivity index (χ1v) is 11.7. The van der Waals surface area contributed by atoms with Crippen LogP contribution in [-0.2, 0) is 4.79 Å². The van der Waals surface area contributed by atoms with Crippen molar-refractivity contribution in [2.45, 2.75) is 27.7 Å². The SMILES string of the molecule is Cc1cn(-c2ccnc3nc(-c4n[nH]c5ccc(-c6cncc(NC(=O)C(C)(C)C)c6)nc45)[nH]c23)cn1. The quantitative estimate of drug-likeness (QED) is 0.330. The number of carbonyl (C=O) groups excluding carboxylic acids is 1. The predicted octanol–water partition coefficient (Wildman–Crippen LogP) is 4.44. The number of anilines is 1. The number of aromatic nitrogens is 9. The first-order valence-electron chi connectivity index (χ1n) is 11.7. The van der Waals surface area contributed by atoms with Crippen LogP contribution < -0.4 is 5.32 Å². The van der Waals surface area contributed by atoms with Crippen molar-refractivity contribution in [2.75, 3.05) is 5.32 Å². The van der Waals surface area contributed by atoms with E-state index in [0.29, 0.717) is 34.1 Å². The summed E-state index contributed by atoms with van der Waals surface area (Å²) in [6.45, 7) is 7.53. The molecule has 0 aromatic carbocycles. The van der Waals surface area contributed by atoms with E-state index < -0.39 is 5.41 Å². The summed E-state index contributed by atoms with van der Waals surface area (Å²) < 4.78 is 1.93. The minimum atomic E-state index is -0.517. The number of hydrogen-bond donors (Lipinski definition) is 3. The average molecular weight is 493 g/mol. The zero-order valence-electron chi connectivity index (χ0n) is 20.7. The van der Waals surface area contributed by atoms with E-state index in [1.54, 1.807) is 24.9 Å². The average Bonchev–Trinajstić information content (AvgIpc) is 3.60. The normalized spacial score (nSPS) is 11.9. The zero-order valence-corrected chi connectivity index (χ0v) is 20.7. The van der Waals surface area contributed by atoms with Gasteiger partial charge in [-0.25, -0.2) is 19.9 Å². The Morgan fingerprint density at radius 3 is 2.73 bits per heavy atom. The Morgan fingerprint density at radius 2 is 1.95 bits per heavy atom. The van der Waals surface area contributed by atoms with Crippen molar-refractivity contribution in [3.05, 3.63) is 61.1 Å². The molecule has 0 atom stereocenters. The Bertz CT molecular complexity index is 1790. The van der Waals surface area contributed by atoms with Gasteiger partial charge in [-0.1, -0.05) is 20.8 Å². The van der Waals surface area contributed by atoms with E-state index in [0.717, 1.165) is 28.0 Å². The molecule has 6 aromatic rings. The van der Waals surface area contributed by atoms with Gasteiger partial charge in [0.2, 0.25) is 5.91 Å². The molecule has 11 nitrogen and oxygen atoms in total. The molecule has 6 heterocycles. The molecule has 0 aliphatic carbocycles. The molecular weight excluding hydrogens is 468 g/mol. The monoisotopic (exact) mass is 492 g/mol. The van der Waals surface area contributed by atoms with Gasteiger partial charge in [-0.05, 0) is 31.2 Å². The molecule has 0 spiro atoms. The van der Waals surface area contributed by atoms with Crippen LogP contribution in [0.3, 0.4) is 0 Å². The second kappa shape index (κ2) is 8.33. The fourth-order valence-electron chi connectivity index (χ4n) is 3.97. The molecule has 184 valence electrons. The third kappa shape index (κ3) is 4.10. The second-order valence-corrected chi connectivity index (χ2v) is 9.87. The van der Waals surface area contributed by atoms with Crippen molar-refractivity contribution in [2.24, 2.45) is 5.41 Å². The molecular formula is C26H24N10O. The van der Waals surface area contributed by atoms with Crippen LogP contribution in [0.15, 0.2) is 55.4 Å². The van der Waals surface area contributed by atoms with E-state index in [-0.39, 0.29) is 5.91 Å².